The summed E-state index contributed by atoms with van der Waals surface area (Å²) in [5.41, 5.74) is 0.632. The zero-order valence-electron chi connectivity index (χ0n) is 17.3. The van der Waals surface area contributed by atoms with Crippen LogP contribution >= 0.6 is 0 Å². The Balaban J connectivity index is 1.76. The maximum atomic E-state index is 13.1. The third-order valence-corrected chi connectivity index (χ3v) is 5.53. The van der Waals surface area contributed by atoms with Crippen molar-refractivity contribution in [1.82, 2.24) is 15.1 Å². The minimum Gasteiger partial charge on any atom is -0.343 e. The molecule has 0 aromatic heterocycles. The molecule has 2 aliphatic rings. The predicted molar refractivity (Wildman–Crippen MR) is 108 cm³/mol. The Hall–Kier alpha value is -2.70. The Labute approximate surface area is 171 Å². The van der Waals surface area contributed by atoms with E-state index in [0.717, 1.165) is 24.2 Å². The molecule has 1 fully saturated rings. The number of carbonyl (C=O) groups excluding carboxylic acids is 4. The Morgan fingerprint density at radius 1 is 0.966 bits per heavy atom. The van der Waals surface area contributed by atoms with Crippen LogP contribution in [0.3, 0.4) is 0 Å². The number of nitrogens with zero attached hydrogens (tertiary/aromatic N) is 2. The van der Waals surface area contributed by atoms with E-state index >= 15 is 0 Å². The molecule has 2 atom stereocenters. The van der Waals surface area contributed by atoms with Crippen LogP contribution in [0.2, 0.25) is 0 Å². The van der Waals surface area contributed by atoms with Crippen LogP contribution in [0.5, 0.6) is 0 Å². The first-order valence-electron chi connectivity index (χ1n) is 10.4. The van der Waals surface area contributed by atoms with Crippen molar-refractivity contribution in [2.75, 3.05) is 13.1 Å². The van der Waals surface area contributed by atoms with E-state index in [2.05, 4.69) is 5.32 Å². The van der Waals surface area contributed by atoms with Gasteiger partial charge in [-0.25, -0.2) is 0 Å². The number of amides is 4. The van der Waals surface area contributed by atoms with Crippen LogP contribution in [0, 0.1) is 5.92 Å². The van der Waals surface area contributed by atoms with Gasteiger partial charge in [0.15, 0.2) is 0 Å². The van der Waals surface area contributed by atoms with E-state index in [9.17, 15) is 19.2 Å². The first-order valence-corrected chi connectivity index (χ1v) is 10.4. The van der Waals surface area contributed by atoms with Crippen LogP contribution in [0.1, 0.15) is 67.2 Å². The lowest BCUT2D eigenvalue weighted by atomic mass is 10.0. The van der Waals surface area contributed by atoms with E-state index in [0.29, 0.717) is 30.6 Å². The third-order valence-electron chi connectivity index (χ3n) is 5.53. The number of piperidine rings is 1. The van der Waals surface area contributed by atoms with Gasteiger partial charge in [-0.3, -0.25) is 24.1 Å². The molecule has 1 aromatic rings. The second-order valence-corrected chi connectivity index (χ2v) is 8.29. The zero-order valence-corrected chi connectivity index (χ0v) is 17.3. The summed E-state index contributed by atoms with van der Waals surface area (Å²) in [6.07, 6.45) is 3.39. The fraction of sp³-hybridized carbons (Fsp3) is 0.545. The number of imide groups is 1. The first-order chi connectivity index (χ1) is 13.8. The summed E-state index contributed by atoms with van der Waals surface area (Å²) in [5.74, 6) is -1.42. The average Bonchev–Trinajstić information content (AvgIpc) is 2.96. The molecule has 0 aliphatic carbocycles. The number of hydrogen-bond acceptors (Lipinski definition) is 4. The van der Waals surface area contributed by atoms with Gasteiger partial charge in [-0.05, 0) is 50.7 Å². The molecule has 3 rings (SSSR count). The number of rotatable bonds is 6. The van der Waals surface area contributed by atoms with Crippen molar-refractivity contribution in [3.63, 3.8) is 0 Å². The summed E-state index contributed by atoms with van der Waals surface area (Å²) in [4.78, 5) is 54.3. The molecular formula is C22H29N3O4. The highest BCUT2D eigenvalue weighted by molar-refractivity contribution is 6.22. The topological polar surface area (TPSA) is 86.8 Å². The molecule has 4 amide bonds. The molecule has 2 heterocycles. The van der Waals surface area contributed by atoms with E-state index in [1.54, 1.807) is 36.1 Å². The maximum Gasteiger partial charge on any atom is 0.262 e. The first kappa shape index (κ1) is 21.0. The van der Waals surface area contributed by atoms with Crippen LogP contribution in [0.25, 0.3) is 0 Å². The molecule has 0 saturated carbocycles. The summed E-state index contributed by atoms with van der Waals surface area (Å²) >= 11 is 0. The normalized spacial score (nSPS) is 18.6. The van der Waals surface area contributed by atoms with Gasteiger partial charge in [-0.1, -0.05) is 26.0 Å². The smallest absolute Gasteiger partial charge is 0.262 e. The van der Waals surface area contributed by atoms with Crippen LogP contribution in [0.15, 0.2) is 24.3 Å². The number of carbonyl (C=O) groups is 4. The second-order valence-electron chi connectivity index (χ2n) is 8.29. The molecule has 29 heavy (non-hydrogen) atoms. The van der Waals surface area contributed by atoms with Gasteiger partial charge in [0, 0.05) is 13.1 Å². The standard InChI is InChI=1S/C22H29N3O4/c1-14(2)13-18(25-21(28)16-9-5-6-10-17(16)22(25)29)19(26)23-15(3)20(27)24-11-7-4-8-12-24/h5-6,9-10,14-15,18H,4,7-8,11-13H2,1-3H3,(H,23,26)/t15-,18?/m0/s1. The van der Waals surface area contributed by atoms with Crippen molar-refractivity contribution >= 4 is 23.6 Å². The minimum atomic E-state index is -0.945. The molecule has 1 unspecified atom stereocenters. The third kappa shape index (κ3) is 4.33. The van der Waals surface area contributed by atoms with Gasteiger partial charge in [0.25, 0.3) is 11.8 Å². The Bertz CT molecular complexity index is 779. The molecule has 7 nitrogen and oxygen atoms in total. The van der Waals surface area contributed by atoms with Crippen molar-refractivity contribution in [2.24, 2.45) is 5.92 Å². The van der Waals surface area contributed by atoms with Gasteiger partial charge in [-0.15, -0.1) is 0 Å². The lowest BCUT2D eigenvalue weighted by Gasteiger charge is -2.31. The number of hydrogen-bond donors (Lipinski definition) is 1. The van der Waals surface area contributed by atoms with E-state index in [1.807, 2.05) is 13.8 Å². The lowest BCUT2D eigenvalue weighted by molar-refractivity contribution is -0.137. The van der Waals surface area contributed by atoms with E-state index in [4.69, 9.17) is 0 Å². The summed E-state index contributed by atoms with van der Waals surface area (Å²) < 4.78 is 0. The van der Waals surface area contributed by atoms with Crippen molar-refractivity contribution in [3.8, 4) is 0 Å². The molecule has 1 N–H and O–H groups in total. The maximum absolute atomic E-state index is 13.1. The van der Waals surface area contributed by atoms with Gasteiger partial charge in [0.05, 0.1) is 11.1 Å². The molecule has 1 aromatic carbocycles. The number of benzene rings is 1. The highest BCUT2D eigenvalue weighted by Gasteiger charge is 2.43. The number of likely N-dealkylation sites (tertiary alicyclic amines) is 1. The van der Waals surface area contributed by atoms with Gasteiger partial charge in [0.1, 0.15) is 12.1 Å². The van der Waals surface area contributed by atoms with Crippen molar-refractivity contribution in [2.45, 2.75) is 58.5 Å². The molecule has 0 spiro atoms. The summed E-state index contributed by atoms with van der Waals surface area (Å²) in [6.45, 7) is 6.92. The van der Waals surface area contributed by atoms with Crippen LogP contribution in [0.4, 0.5) is 0 Å². The van der Waals surface area contributed by atoms with Crippen molar-refractivity contribution in [1.29, 1.82) is 0 Å². The molecule has 1 saturated heterocycles. The quantitative estimate of drug-likeness (QED) is 0.743. The molecular weight excluding hydrogens is 370 g/mol. The molecule has 0 bridgehead atoms. The monoisotopic (exact) mass is 399 g/mol. The SMILES string of the molecule is CC(C)CC(C(=O)N[C@@H](C)C(=O)N1CCCCC1)N1C(=O)c2ccccc2C1=O. The predicted octanol–water partition coefficient (Wildman–Crippen LogP) is 2.21. The Morgan fingerprint density at radius 3 is 2.03 bits per heavy atom. The van der Waals surface area contributed by atoms with Gasteiger partial charge in [-0.2, -0.15) is 0 Å². The van der Waals surface area contributed by atoms with E-state index in [-0.39, 0.29) is 11.8 Å². The molecule has 7 heteroatoms. The minimum absolute atomic E-state index is 0.0863. The molecule has 0 radical (unpaired) electrons. The zero-order chi connectivity index (χ0) is 21.1. The molecule has 2 aliphatic heterocycles. The second kappa shape index (κ2) is 8.76. The van der Waals surface area contributed by atoms with Gasteiger partial charge < -0.3 is 10.2 Å². The number of nitrogens with one attached hydrogen (secondary N) is 1. The number of fused-ring (bicyclic) bond motifs is 1. The highest BCUT2D eigenvalue weighted by Crippen LogP contribution is 2.27. The summed E-state index contributed by atoms with van der Waals surface area (Å²) in [7, 11) is 0. The van der Waals surface area contributed by atoms with Crippen LogP contribution in [-0.4, -0.2) is 58.6 Å². The fourth-order valence-electron chi connectivity index (χ4n) is 4.03. The fourth-order valence-corrected chi connectivity index (χ4v) is 4.03. The summed E-state index contributed by atoms with van der Waals surface area (Å²) in [6, 6.07) is 4.95. The highest BCUT2D eigenvalue weighted by atomic mass is 16.2. The van der Waals surface area contributed by atoms with E-state index in [1.165, 1.54) is 0 Å². The Morgan fingerprint density at radius 2 is 1.52 bits per heavy atom. The summed E-state index contributed by atoms with van der Waals surface area (Å²) in [5, 5.41) is 2.75. The average molecular weight is 399 g/mol. The van der Waals surface area contributed by atoms with Gasteiger partial charge in [0.2, 0.25) is 11.8 Å². The van der Waals surface area contributed by atoms with Gasteiger partial charge >= 0.3 is 0 Å². The van der Waals surface area contributed by atoms with E-state index < -0.39 is 29.8 Å². The molecule has 156 valence electrons. The lowest BCUT2D eigenvalue weighted by Crippen LogP contribution is -2.55. The van der Waals surface area contributed by atoms with Crippen molar-refractivity contribution in [3.05, 3.63) is 35.4 Å². The largest absolute Gasteiger partial charge is 0.343 e. The Kier molecular flexibility index (Phi) is 6.35. The van der Waals surface area contributed by atoms with Crippen LogP contribution < -0.4 is 5.32 Å². The van der Waals surface area contributed by atoms with Crippen molar-refractivity contribution < 1.29 is 19.2 Å². The van der Waals surface area contributed by atoms with Crippen LogP contribution in [-0.2, 0) is 9.59 Å².